The van der Waals surface area contributed by atoms with Crippen molar-refractivity contribution in [3.8, 4) is 0 Å². The van der Waals surface area contributed by atoms with Crippen molar-refractivity contribution in [1.29, 1.82) is 0 Å². The van der Waals surface area contributed by atoms with Crippen LogP contribution >= 0.6 is 0 Å². The molecule has 1 atom stereocenters. The molecule has 0 aliphatic heterocycles. The van der Waals surface area contributed by atoms with Crippen LogP contribution in [0.4, 0.5) is 0 Å². The lowest BCUT2D eigenvalue weighted by atomic mass is 9.73. The predicted octanol–water partition coefficient (Wildman–Crippen LogP) is 5.51. The van der Waals surface area contributed by atoms with E-state index in [4.69, 9.17) is 0 Å². The Morgan fingerprint density at radius 3 is 2.14 bits per heavy atom. The Morgan fingerprint density at radius 2 is 1.67 bits per heavy atom. The Bertz CT molecular complexity index is 412. The molecule has 0 saturated heterocycles. The highest BCUT2D eigenvalue weighted by Crippen LogP contribution is 2.50. The molecule has 1 nitrogen and oxygen atoms in total. The Morgan fingerprint density at radius 1 is 1.05 bits per heavy atom. The Kier molecular flexibility index (Phi) is 5.87. The highest BCUT2D eigenvalue weighted by atomic mass is 14.9. The van der Waals surface area contributed by atoms with Crippen molar-refractivity contribution in [2.45, 2.75) is 72.3 Å². The fourth-order valence-electron chi connectivity index (χ4n) is 4.14. The summed E-state index contributed by atoms with van der Waals surface area (Å²) in [5.41, 5.74) is 3.45. The zero-order valence-electron chi connectivity index (χ0n) is 14.4. The first kappa shape index (κ1) is 16.5. The molecular formula is C20H33N. The second kappa shape index (κ2) is 7.45. The fraction of sp³-hybridized carbons (Fsp3) is 0.700. The SMILES string of the molecule is CCNC(c1ccc(CC(C)C)cc1)C1(CC)CCCC1. The van der Waals surface area contributed by atoms with Crippen LogP contribution in [0.3, 0.4) is 0 Å². The van der Waals surface area contributed by atoms with Gasteiger partial charge in [0.25, 0.3) is 0 Å². The largest absolute Gasteiger partial charge is 0.310 e. The van der Waals surface area contributed by atoms with Gasteiger partial charge in [0.05, 0.1) is 0 Å². The van der Waals surface area contributed by atoms with Gasteiger partial charge in [-0.05, 0) is 54.7 Å². The van der Waals surface area contributed by atoms with Gasteiger partial charge >= 0.3 is 0 Å². The van der Waals surface area contributed by atoms with Gasteiger partial charge in [0.2, 0.25) is 0 Å². The van der Waals surface area contributed by atoms with Crippen LogP contribution in [0.25, 0.3) is 0 Å². The molecule has 1 aromatic rings. The number of rotatable bonds is 7. The van der Waals surface area contributed by atoms with Crippen molar-refractivity contribution >= 4 is 0 Å². The van der Waals surface area contributed by atoms with Crippen LogP contribution in [-0.2, 0) is 6.42 Å². The molecule has 1 saturated carbocycles. The minimum Gasteiger partial charge on any atom is -0.310 e. The normalized spacial score (nSPS) is 19.1. The van der Waals surface area contributed by atoms with Gasteiger partial charge in [0.15, 0.2) is 0 Å². The Hall–Kier alpha value is -0.820. The molecule has 0 spiro atoms. The average molecular weight is 287 g/mol. The van der Waals surface area contributed by atoms with E-state index in [-0.39, 0.29) is 0 Å². The Balaban J connectivity index is 2.21. The fourth-order valence-corrected chi connectivity index (χ4v) is 4.14. The Labute approximate surface area is 131 Å². The van der Waals surface area contributed by atoms with E-state index in [1.807, 2.05) is 0 Å². The molecule has 1 aromatic carbocycles. The molecule has 2 rings (SSSR count). The van der Waals surface area contributed by atoms with Gasteiger partial charge in [-0.25, -0.2) is 0 Å². The van der Waals surface area contributed by atoms with Crippen LogP contribution in [0.5, 0.6) is 0 Å². The predicted molar refractivity (Wildman–Crippen MR) is 92.6 cm³/mol. The van der Waals surface area contributed by atoms with Crippen LogP contribution in [-0.4, -0.2) is 6.54 Å². The number of hydrogen-bond acceptors (Lipinski definition) is 1. The van der Waals surface area contributed by atoms with Gasteiger partial charge in [-0.2, -0.15) is 0 Å². The highest BCUT2D eigenvalue weighted by molar-refractivity contribution is 5.27. The zero-order valence-corrected chi connectivity index (χ0v) is 14.4. The lowest BCUT2D eigenvalue weighted by Gasteiger charge is -2.38. The van der Waals surface area contributed by atoms with Crippen molar-refractivity contribution in [1.82, 2.24) is 5.32 Å². The van der Waals surface area contributed by atoms with E-state index in [1.54, 1.807) is 0 Å². The summed E-state index contributed by atoms with van der Waals surface area (Å²) in [6, 6.07) is 9.97. The summed E-state index contributed by atoms with van der Waals surface area (Å²) < 4.78 is 0. The van der Waals surface area contributed by atoms with Gasteiger partial charge in [-0.15, -0.1) is 0 Å². The first-order valence-corrected chi connectivity index (χ1v) is 8.93. The van der Waals surface area contributed by atoms with E-state index in [9.17, 15) is 0 Å². The maximum absolute atomic E-state index is 3.79. The molecule has 0 amide bonds. The molecule has 0 radical (unpaired) electrons. The highest BCUT2D eigenvalue weighted by Gasteiger charge is 2.39. The molecule has 0 heterocycles. The van der Waals surface area contributed by atoms with Gasteiger partial charge in [0, 0.05) is 6.04 Å². The molecule has 1 aliphatic rings. The first-order valence-electron chi connectivity index (χ1n) is 8.93. The minimum absolute atomic E-state index is 0.482. The summed E-state index contributed by atoms with van der Waals surface area (Å²) in [5, 5.41) is 3.79. The summed E-state index contributed by atoms with van der Waals surface area (Å²) in [6.07, 6.45) is 8.05. The van der Waals surface area contributed by atoms with Crippen molar-refractivity contribution in [3.05, 3.63) is 35.4 Å². The summed E-state index contributed by atoms with van der Waals surface area (Å²) in [7, 11) is 0. The molecule has 1 N–H and O–H groups in total. The molecule has 21 heavy (non-hydrogen) atoms. The molecule has 1 fully saturated rings. The van der Waals surface area contributed by atoms with Crippen LogP contribution in [0.2, 0.25) is 0 Å². The minimum atomic E-state index is 0.482. The molecular weight excluding hydrogens is 254 g/mol. The summed E-state index contributed by atoms with van der Waals surface area (Å²) in [6.45, 7) is 10.3. The smallest absolute Gasteiger partial charge is 0.0376 e. The van der Waals surface area contributed by atoms with E-state index in [2.05, 4.69) is 57.3 Å². The van der Waals surface area contributed by atoms with Crippen LogP contribution in [0, 0.1) is 11.3 Å². The van der Waals surface area contributed by atoms with Crippen molar-refractivity contribution in [2.24, 2.45) is 11.3 Å². The standard InChI is InChI=1S/C20H33N/c1-5-20(13-7-8-14-20)19(21-6-2)18-11-9-17(10-12-18)15-16(3)4/h9-12,16,19,21H,5-8,13-15H2,1-4H3. The average Bonchev–Trinajstić information content (AvgIpc) is 2.95. The number of benzene rings is 1. The summed E-state index contributed by atoms with van der Waals surface area (Å²) in [5.74, 6) is 0.734. The van der Waals surface area contributed by atoms with Crippen LogP contribution in [0.15, 0.2) is 24.3 Å². The lowest BCUT2D eigenvalue weighted by Crippen LogP contribution is -2.36. The van der Waals surface area contributed by atoms with E-state index in [0.29, 0.717) is 11.5 Å². The molecule has 1 unspecified atom stereocenters. The topological polar surface area (TPSA) is 12.0 Å². The molecule has 1 heteroatoms. The zero-order chi connectivity index (χ0) is 15.3. The van der Waals surface area contributed by atoms with E-state index >= 15 is 0 Å². The van der Waals surface area contributed by atoms with Crippen molar-refractivity contribution in [2.75, 3.05) is 6.54 Å². The third kappa shape index (κ3) is 3.88. The third-order valence-corrected chi connectivity index (χ3v) is 5.28. The van der Waals surface area contributed by atoms with Crippen molar-refractivity contribution < 1.29 is 0 Å². The van der Waals surface area contributed by atoms with E-state index < -0.39 is 0 Å². The number of nitrogens with one attached hydrogen (secondary N) is 1. The van der Waals surface area contributed by atoms with Gasteiger partial charge in [-0.1, -0.05) is 64.8 Å². The number of hydrogen-bond donors (Lipinski definition) is 1. The molecule has 0 bridgehead atoms. The monoisotopic (exact) mass is 287 g/mol. The molecule has 118 valence electrons. The first-order chi connectivity index (χ1) is 10.1. The van der Waals surface area contributed by atoms with Gasteiger partial charge < -0.3 is 5.32 Å². The molecule has 0 aromatic heterocycles. The quantitative estimate of drug-likeness (QED) is 0.697. The maximum atomic E-state index is 3.79. The van der Waals surface area contributed by atoms with Crippen LogP contribution < -0.4 is 5.32 Å². The van der Waals surface area contributed by atoms with Crippen LogP contribution in [0.1, 0.15) is 77.0 Å². The van der Waals surface area contributed by atoms with Crippen molar-refractivity contribution in [3.63, 3.8) is 0 Å². The van der Waals surface area contributed by atoms with E-state index in [1.165, 1.54) is 49.7 Å². The van der Waals surface area contributed by atoms with Gasteiger partial charge in [0.1, 0.15) is 0 Å². The maximum Gasteiger partial charge on any atom is 0.0376 e. The van der Waals surface area contributed by atoms with Gasteiger partial charge in [-0.3, -0.25) is 0 Å². The second-order valence-electron chi connectivity index (χ2n) is 7.25. The second-order valence-corrected chi connectivity index (χ2v) is 7.25. The summed E-state index contributed by atoms with van der Waals surface area (Å²) in [4.78, 5) is 0. The summed E-state index contributed by atoms with van der Waals surface area (Å²) >= 11 is 0. The van der Waals surface area contributed by atoms with E-state index in [0.717, 1.165) is 12.5 Å². The lowest BCUT2D eigenvalue weighted by molar-refractivity contribution is 0.189. The third-order valence-electron chi connectivity index (χ3n) is 5.28. The molecule has 1 aliphatic carbocycles.